The van der Waals surface area contributed by atoms with Gasteiger partial charge in [-0.3, -0.25) is 14.5 Å². The Kier molecular flexibility index (Phi) is 9.60. The van der Waals surface area contributed by atoms with E-state index in [0.29, 0.717) is 49.2 Å². The lowest BCUT2D eigenvalue weighted by Crippen LogP contribution is -2.46. The number of benzene rings is 3. The highest BCUT2D eigenvalue weighted by molar-refractivity contribution is 5.98. The van der Waals surface area contributed by atoms with Crippen LogP contribution in [0.1, 0.15) is 77.2 Å². The van der Waals surface area contributed by atoms with Crippen molar-refractivity contribution in [1.82, 2.24) is 9.80 Å². The van der Waals surface area contributed by atoms with Crippen molar-refractivity contribution in [3.63, 3.8) is 0 Å². The average Bonchev–Trinajstić information content (AvgIpc) is 3.75. The predicted octanol–water partition coefficient (Wildman–Crippen LogP) is 7.80. The van der Waals surface area contributed by atoms with Gasteiger partial charge in [0.25, 0.3) is 5.91 Å². The molecule has 3 atom stereocenters. The fourth-order valence-electron chi connectivity index (χ4n) is 7.62. The number of nitrogens with zero attached hydrogens (tertiary/aromatic N) is 3. The van der Waals surface area contributed by atoms with Gasteiger partial charge in [0.15, 0.2) is 0 Å². The molecular formula is C37H42F4N4O2. The second-order valence-electron chi connectivity index (χ2n) is 13.2. The number of amides is 2. The van der Waals surface area contributed by atoms with Crippen LogP contribution in [-0.2, 0) is 11.3 Å². The van der Waals surface area contributed by atoms with Crippen LogP contribution < -0.4 is 10.2 Å². The van der Waals surface area contributed by atoms with E-state index in [-0.39, 0.29) is 24.4 Å². The van der Waals surface area contributed by atoms with Crippen LogP contribution >= 0.6 is 0 Å². The molecule has 47 heavy (non-hydrogen) atoms. The number of hydrogen-bond donors (Lipinski definition) is 1. The van der Waals surface area contributed by atoms with Crippen molar-refractivity contribution in [3.05, 3.63) is 94.3 Å². The first-order valence-electron chi connectivity index (χ1n) is 16.6. The first-order valence-corrected chi connectivity index (χ1v) is 16.6. The highest BCUT2D eigenvalue weighted by Crippen LogP contribution is 2.40. The van der Waals surface area contributed by atoms with Crippen LogP contribution in [0.2, 0.25) is 0 Å². The molecule has 3 aromatic rings. The van der Waals surface area contributed by atoms with Crippen LogP contribution in [0.25, 0.3) is 0 Å². The maximum Gasteiger partial charge on any atom is 0.404 e. The van der Waals surface area contributed by atoms with E-state index in [1.165, 1.54) is 11.0 Å². The summed E-state index contributed by atoms with van der Waals surface area (Å²) in [4.78, 5) is 33.5. The van der Waals surface area contributed by atoms with Gasteiger partial charge in [-0.2, -0.15) is 13.2 Å². The zero-order valence-electron chi connectivity index (χ0n) is 27.0. The second kappa shape index (κ2) is 13.7. The Morgan fingerprint density at radius 3 is 2.28 bits per heavy atom. The third-order valence-electron chi connectivity index (χ3n) is 10.0. The van der Waals surface area contributed by atoms with Crippen molar-refractivity contribution in [3.8, 4) is 0 Å². The van der Waals surface area contributed by atoms with Gasteiger partial charge in [0.2, 0.25) is 5.91 Å². The first kappa shape index (κ1) is 33.0. The lowest BCUT2D eigenvalue weighted by Gasteiger charge is -2.41. The summed E-state index contributed by atoms with van der Waals surface area (Å²) in [5.41, 5.74) is 4.80. The highest BCUT2D eigenvalue weighted by Gasteiger charge is 2.46. The molecule has 10 heteroatoms. The summed E-state index contributed by atoms with van der Waals surface area (Å²) < 4.78 is 55.8. The van der Waals surface area contributed by atoms with Gasteiger partial charge in [-0.25, -0.2) is 4.39 Å². The summed E-state index contributed by atoms with van der Waals surface area (Å²) in [6.07, 6.45) is -0.355. The summed E-state index contributed by atoms with van der Waals surface area (Å²) in [6.45, 7) is 6.56. The minimum absolute atomic E-state index is 0.0174. The number of carbonyl (C=O) groups excluding carboxylic acids is 2. The van der Waals surface area contributed by atoms with E-state index < -0.39 is 35.9 Å². The molecule has 0 spiro atoms. The van der Waals surface area contributed by atoms with Crippen LogP contribution in [0, 0.1) is 25.6 Å². The number of halogens is 4. The standard InChI is InChI=1S/C37H42F4N4O2/c1-24-12-17-28(22-31(24)43-18-3-4-19-43)42-35(46)29-9-6-21-45(36(47)33-25(2)8-5-10-30(33)38)34(29)27-15-13-26(14-16-27)23-44-20-7-11-32(44)37(39,40)41/h5,8,10,12-17,22,29,32,34H,3-4,6-7,9,11,18-21,23H2,1-2H3,(H,42,46)/t29-,32?,34-/m0/s1. The fourth-order valence-corrected chi connectivity index (χ4v) is 7.62. The SMILES string of the molecule is Cc1ccc(NC(=O)[C@H]2CCCN(C(=O)c3c(C)cccc3F)[C@H]2c2ccc(CN3CCCC3C(F)(F)F)cc2)cc1N1CCCC1. The first-order chi connectivity index (χ1) is 22.5. The molecule has 3 saturated heterocycles. The lowest BCUT2D eigenvalue weighted by molar-refractivity contribution is -0.177. The number of anilines is 2. The number of nitrogens with one attached hydrogen (secondary N) is 1. The van der Waals surface area contributed by atoms with Crippen LogP contribution in [0.5, 0.6) is 0 Å². The molecule has 1 N–H and O–H groups in total. The van der Waals surface area contributed by atoms with E-state index >= 15 is 4.39 Å². The molecular weight excluding hydrogens is 608 g/mol. The maximum atomic E-state index is 15.1. The fraction of sp³-hybridized carbons (Fsp3) is 0.459. The number of likely N-dealkylation sites (tertiary alicyclic amines) is 2. The van der Waals surface area contributed by atoms with E-state index in [1.54, 1.807) is 48.2 Å². The molecule has 3 heterocycles. The number of carbonyl (C=O) groups is 2. The minimum Gasteiger partial charge on any atom is -0.371 e. The van der Waals surface area contributed by atoms with Crippen molar-refractivity contribution >= 4 is 23.2 Å². The van der Waals surface area contributed by atoms with Crippen molar-refractivity contribution in [2.24, 2.45) is 5.92 Å². The van der Waals surface area contributed by atoms with Gasteiger partial charge in [-0.15, -0.1) is 0 Å². The highest BCUT2D eigenvalue weighted by atomic mass is 19.4. The van der Waals surface area contributed by atoms with Gasteiger partial charge in [0.1, 0.15) is 11.9 Å². The zero-order valence-corrected chi connectivity index (χ0v) is 27.0. The van der Waals surface area contributed by atoms with Crippen LogP contribution in [0.3, 0.4) is 0 Å². The maximum absolute atomic E-state index is 15.1. The van der Waals surface area contributed by atoms with Crippen molar-refractivity contribution < 1.29 is 27.2 Å². The van der Waals surface area contributed by atoms with Gasteiger partial charge < -0.3 is 15.1 Å². The lowest BCUT2D eigenvalue weighted by atomic mass is 9.83. The molecule has 0 radical (unpaired) electrons. The molecule has 0 bridgehead atoms. The zero-order chi connectivity index (χ0) is 33.3. The van der Waals surface area contributed by atoms with Crippen LogP contribution in [-0.4, -0.2) is 60.0 Å². The van der Waals surface area contributed by atoms with Gasteiger partial charge in [0, 0.05) is 37.6 Å². The van der Waals surface area contributed by atoms with Crippen molar-refractivity contribution in [1.29, 1.82) is 0 Å². The minimum atomic E-state index is -4.28. The Balaban J connectivity index is 1.30. The van der Waals surface area contributed by atoms with E-state index in [9.17, 15) is 22.8 Å². The molecule has 0 aromatic heterocycles. The largest absolute Gasteiger partial charge is 0.404 e. The summed E-state index contributed by atoms with van der Waals surface area (Å²) >= 11 is 0. The Hall–Kier alpha value is -3.92. The predicted molar refractivity (Wildman–Crippen MR) is 175 cm³/mol. The quantitative estimate of drug-likeness (QED) is 0.265. The topological polar surface area (TPSA) is 55.9 Å². The van der Waals surface area contributed by atoms with Gasteiger partial charge in [-0.1, -0.05) is 42.5 Å². The number of alkyl halides is 3. The van der Waals surface area contributed by atoms with Crippen molar-refractivity contribution in [2.75, 3.05) is 36.4 Å². The normalized spacial score (nSPS) is 22.1. The Labute approximate surface area is 273 Å². The molecule has 1 unspecified atom stereocenters. The molecule has 2 amide bonds. The summed E-state index contributed by atoms with van der Waals surface area (Å²) in [5, 5.41) is 3.11. The third kappa shape index (κ3) is 7.03. The number of hydrogen-bond acceptors (Lipinski definition) is 4. The van der Waals surface area contributed by atoms with Crippen LogP contribution in [0.4, 0.5) is 28.9 Å². The van der Waals surface area contributed by atoms with Crippen molar-refractivity contribution in [2.45, 2.75) is 77.2 Å². The Morgan fingerprint density at radius 1 is 0.851 bits per heavy atom. The molecule has 250 valence electrons. The molecule has 0 saturated carbocycles. The number of piperidine rings is 1. The van der Waals surface area contributed by atoms with E-state index in [4.69, 9.17) is 0 Å². The number of rotatable bonds is 7. The molecule has 6 rings (SSSR count). The molecule has 0 aliphatic carbocycles. The van der Waals surface area contributed by atoms with E-state index in [2.05, 4.69) is 17.1 Å². The van der Waals surface area contributed by atoms with Gasteiger partial charge in [-0.05, 0) is 99.4 Å². The molecule has 3 aliphatic heterocycles. The second-order valence-corrected chi connectivity index (χ2v) is 13.2. The smallest absolute Gasteiger partial charge is 0.371 e. The summed E-state index contributed by atoms with van der Waals surface area (Å²) in [5.74, 6) is -1.96. The summed E-state index contributed by atoms with van der Waals surface area (Å²) in [6, 6.07) is 15.4. The molecule has 6 nitrogen and oxygen atoms in total. The molecule has 3 aromatic carbocycles. The monoisotopic (exact) mass is 650 g/mol. The number of aryl methyl sites for hydroxylation is 2. The summed E-state index contributed by atoms with van der Waals surface area (Å²) in [7, 11) is 0. The molecule has 3 fully saturated rings. The van der Waals surface area contributed by atoms with Gasteiger partial charge in [0.05, 0.1) is 17.5 Å². The molecule has 3 aliphatic rings. The van der Waals surface area contributed by atoms with E-state index in [0.717, 1.165) is 42.7 Å². The third-order valence-corrected chi connectivity index (χ3v) is 10.0. The average molecular weight is 651 g/mol. The Bertz CT molecular complexity index is 1580. The Morgan fingerprint density at radius 2 is 1.57 bits per heavy atom. The van der Waals surface area contributed by atoms with Gasteiger partial charge >= 0.3 is 6.18 Å². The van der Waals surface area contributed by atoms with Crippen LogP contribution in [0.15, 0.2) is 60.7 Å². The van der Waals surface area contributed by atoms with E-state index in [1.807, 2.05) is 18.2 Å².